The molecule has 0 spiro atoms. The van der Waals surface area contributed by atoms with Gasteiger partial charge in [-0.25, -0.2) is 14.8 Å². The Morgan fingerprint density at radius 1 is 0.889 bits per heavy atom. The first-order chi connectivity index (χ1) is 21.7. The first kappa shape index (κ1) is 27.9. The van der Waals surface area contributed by atoms with Crippen molar-refractivity contribution in [2.45, 2.75) is 44.3 Å². The van der Waals surface area contributed by atoms with Crippen LogP contribution in [0.5, 0.6) is 0 Å². The fourth-order valence-corrected chi connectivity index (χ4v) is 6.02. The second-order valence-corrected chi connectivity index (χ2v) is 11.1. The van der Waals surface area contributed by atoms with Crippen LogP contribution in [-0.4, -0.2) is 31.9 Å². The molecule has 45 heavy (non-hydrogen) atoms. The van der Waals surface area contributed by atoms with Crippen molar-refractivity contribution in [2.24, 2.45) is 0 Å². The normalized spacial score (nSPS) is 16.7. The van der Waals surface area contributed by atoms with Crippen LogP contribution in [0.1, 0.15) is 73.7 Å². The van der Waals surface area contributed by atoms with E-state index in [1.807, 2.05) is 30.3 Å². The van der Waals surface area contributed by atoms with E-state index in [1.54, 1.807) is 6.07 Å². The van der Waals surface area contributed by atoms with Crippen LogP contribution >= 0.6 is 0 Å². The van der Waals surface area contributed by atoms with Crippen molar-refractivity contribution in [3.63, 3.8) is 0 Å². The third-order valence-corrected chi connectivity index (χ3v) is 8.38. The number of nitrogen functional groups attached to an aromatic ring is 1. The molecule has 0 saturated carbocycles. The minimum absolute atomic E-state index is 0.0415. The molecule has 2 amide bonds. The first-order valence-corrected chi connectivity index (χ1v) is 14.3. The van der Waals surface area contributed by atoms with Crippen molar-refractivity contribution in [1.29, 1.82) is 0 Å². The van der Waals surface area contributed by atoms with Crippen LogP contribution in [0.15, 0.2) is 67.7 Å². The molecule has 6 N–H and O–H groups in total. The molecule has 14 heteroatoms. The van der Waals surface area contributed by atoms with Crippen LogP contribution in [0.25, 0.3) is 11.4 Å². The summed E-state index contributed by atoms with van der Waals surface area (Å²) in [6.07, 6.45) is 4.12. The lowest BCUT2D eigenvalue weighted by molar-refractivity contribution is 0.0931. The predicted molar refractivity (Wildman–Crippen MR) is 161 cm³/mol. The van der Waals surface area contributed by atoms with Crippen molar-refractivity contribution >= 4 is 23.2 Å². The molecule has 2 aliphatic carbocycles. The summed E-state index contributed by atoms with van der Waals surface area (Å²) in [5.41, 5.74) is 10.2. The van der Waals surface area contributed by atoms with Crippen LogP contribution in [0.3, 0.4) is 0 Å². The first-order valence-electron chi connectivity index (χ1n) is 14.3. The highest BCUT2D eigenvalue weighted by molar-refractivity contribution is 5.97. The van der Waals surface area contributed by atoms with Crippen molar-refractivity contribution in [2.75, 3.05) is 11.1 Å². The number of amides is 2. The Hall–Kier alpha value is -5.92. The Labute approximate surface area is 253 Å². The Bertz CT molecular complexity index is 2130. The molecule has 3 aromatic carbocycles. The number of aromatic amines is 1. The van der Waals surface area contributed by atoms with E-state index in [2.05, 4.69) is 40.6 Å². The van der Waals surface area contributed by atoms with Gasteiger partial charge in [-0.1, -0.05) is 35.5 Å². The van der Waals surface area contributed by atoms with E-state index in [9.17, 15) is 24.0 Å². The number of hydrogen-bond acceptors (Lipinski definition) is 11. The smallest absolute Gasteiger partial charge is 0.394 e. The van der Waals surface area contributed by atoms with Gasteiger partial charge in [-0.15, -0.1) is 0 Å². The van der Waals surface area contributed by atoms with Gasteiger partial charge in [0.25, 0.3) is 22.7 Å². The summed E-state index contributed by atoms with van der Waals surface area (Å²) in [6.45, 7) is 0.204. The van der Waals surface area contributed by atoms with Gasteiger partial charge in [-0.2, -0.15) is 0 Å². The van der Waals surface area contributed by atoms with E-state index in [0.29, 0.717) is 17.8 Å². The summed E-state index contributed by atoms with van der Waals surface area (Å²) in [5.74, 6) is -1.20. The lowest BCUT2D eigenvalue weighted by Crippen LogP contribution is -2.37. The topological polar surface area (TPSA) is 215 Å². The van der Waals surface area contributed by atoms with E-state index in [-0.39, 0.29) is 41.4 Å². The van der Waals surface area contributed by atoms with Crippen molar-refractivity contribution in [1.82, 2.24) is 30.7 Å². The van der Waals surface area contributed by atoms with Crippen LogP contribution < -0.4 is 38.3 Å². The Balaban J connectivity index is 0.986. The lowest BCUT2D eigenvalue weighted by atomic mass is 10.0. The summed E-state index contributed by atoms with van der Waals surface area (Å²) < 4.78 is 4.59. The third-order valence-electron chi connectivity index (χ3n) is 8.38. The minimum atomic E-state index is -0.667. The van der Waals surface area contributed by atoms with Gasteiger partial charge in [-0.3, -0.25) is 28.7 Å². The summed E-state index contributed by atoms with van der Waals surface area (Å²) in [7, 11) is 0. The molecule has 7 rings (SSSR count). The molecular weight excluding hydrogens is 580 g/mol. The van der Waals surface area contributed by atoms with Gasteiger partial charge >= 0.3 is 5.76 Å². The molecule has 2 aromatic heterocycles. The van der Waals surface area contributed by atoms with Crippen molar-refractivity contribution in [3.05, 3.63) is 119 Å². The standard InChI is InChI=1S/C31H26N8O6/c32-24-25(27(41)26(24)40)36-21-7-4-15-2-1-14(9-19(15)21)12-33-29(42)22-11-23(35-13-34-22)30(43)37-20-8-5-16-10-17(3-6-18(16)20)28-38-31(44)45-39-28/h1-3,6,9-11,13,20-21,36H,4-5,7-8,12,32H2,(H,33,42)(H,37,43)(H,38,39,44)/t20-,21?/m0/s1. The number of anilines is 2. The zero-order valence-corrected chi connectivity index (χ0v) is 23.7. The summed E-state index contributed by atoms with van der Waals surface area (Å²) in [4.78, 5) is 71.4. The molecular formula is C31H26N8O6. The summed E-state index contributed by atoms with van der Waals surface area (Å²) >= 11 is 0. The monoisotopic (exact) mass is 606 g/mol. The molecule has 5 aromatic rings. The highest BCUT2D eigenvalue weighted by atomic mass is 16.5. The molecule has 0 fully saturated rings. The zero-order valence-electron chi connectivity index (χ0n) is 23.7. The largest absolute Gasteiger partial charge is 0.439 e. The second kappa shape index (κ2) is 11.0. The number of aromatic nitrogens is 4. The second-order valence-electron chi connectivity index (χ2n) is 11.1. The molecule has 1 unspecified atom stereocenters. The van der Waals surface area contributed by atoms with Crippen molar-refractivity contribution in [3.8, 4) is 11.4 Å². The Kier molecular flexibility index (Phi) is 6.80. The fourth-order valence-electron chi connectivity index (χ4n) is 6.02. The van der Waals surface area contributed by atoms with Gasteiger partial charge in [0.2, 0.25) is 0 Å². The number of nitrogens with two attached hydrogens (primary N) is 1. The van der Waals surface area contributed by atoms with Crippen LogP contribution in [0.2, 0.25) is 0 Å². The van der Waals surface area contributed by atoms with Gasteiger partial charge in [-0.05, 0) is 59.6 Å². The number of carbonyl (C=O) groups excluding carboxylic acids is 2. The van der Waals surface area contributed by atoms with E-state index >= 15 is 0 Å². The fraction of sp³-hybridized carbons (Fsp3) is 0.226. The predicted octanol–water partition coefficient (Wildman–Crippen LogP) is 1.44. The van der Waals surface area contributed by atoms with Crippen molar-refractivity contribution < 1.29 is 14.1 Å². The van der Waals surface area contributed by atoms with Gasteiger partial charge < -0.3 is 21.7 Å². The molecule has 2 aliphatic rings. The van der Waals surface area contributed by atoms with Crippen LogP contribution in [0, 0.1) is 0 Å². The molecule has 0 aliphatic heterocycles. The number of hydrogen-bond donors (Lipinski definition) is 5. The number of rotatable bonds is 8. The maximum atomic E-state index is 13.1. The highest BCUT2D eigenvalue weighted by Gasteiger charge is 2.28. The number of carbonyl (C=O) groups is 2. The molecule has 226 valence electrons. The summed E-state index contributed by atoms with van der Waals surface area (Å²) in [5, 5.41) is 12.6. The molecule has 0 saturated heterocycles. The highest BCUT2D eigenvalue weighted by Crippen LogP contribution is 2.35. The number of fused-ring (bicyclic) bond motifs is 2. The minimum Gasteiger partial charge on any atom is -0.394 e. The van der Waals surface area contributed by atoms with Gasteiger partial charge in [0.15, 0.2) is 5.82 Å². The molecule has 0 radical (unpaired) electrons. The molecule has 0 bridgehead atoms. The Morgan fingerprint density at radius 3 is 2.44 bits per heavy atom. The average molecular weight is 607 g/mol. The average Bonchev–Trinajstić information content (AvgIpc) is 3.80. The number of nitrogens with one attached hydrogen (secondary N) is 4. The lowest BCUT2D eigenvalue weighted by Gasteiger charge is -2.18. The maximum Gasteiger partial charge on any atom is 0.439 e. The van der Waals surface area contributed by atoms with Gasteiger partial charge in [0.1, 0.15) is 29.1 Å². The van der Waals surface area contributed by atoms with E-state index < -0.39 is 28.4 Å². The number of aryl methyl sites for hydroxylation is 2. The zero-order chi connectivity index (χ0) is 31.2. The Morgan fingerprint density at radius 2 is 1.67 bits per heavy atom. The molecule has 2 atom stereocenters. The van der Waals surface area contributed by atoms with Crippen LogP contribution in [-0.2, 0) is 19.4 Å². The van der Waals surface area contributed by atoms with E-state index in [0.717, 1.165) is 47.1 Å². The number of nitrogens with zero attached hydrogens (tertiary/aromatic N) is 3. The van der Waals surface area contributed by atoms with Crippen LogP contribution in [0.4, 0.5) is 11.4 Å². The van der Waals surface area contributed by atoms with Gasteiger partial charge in [0.05, 0.1) is 12.1 Å². The number of benzene rings is 2. The SMILES string of the molecule is Nc1c(NC2CCc3ccc(CNC(=O)c4cc(C(=O)N[C@H]5CCc6cc(-c7noc(=O)[nH]7)ccc65)ncn4)cc32)c(=O)c1=O. The molecule has 14 nitrogen and oxygen atoms in total. The number of H-pyrrole nitrogens is 1. The van der Waals surface area contributed by atoms with E-state index in [4.69, 9.17) is 5.73 Å². The quantitative estimate of drug-likeness (QED) is 0.159. The molecule has 2 heterocycles. The van der Waals surface area contributed by atoms with Gasteiger partial charge in [0, 0.05) is 18.2 Å². The van der Waals surface area contributed by atoms with E-state index in [1.165, 1.54) is 12.4 Å². The maximum absolute atomic E-state index is 13.1. The summed E-state index contributed by atoms with van der Waals surface area (Å²) in [6, 6.07) is 12.4. The third kappa shape index (κ3) is 5.15.